The van der Waals surface area contributed by atoms with Crippen LogP contribution >= 0.6 is 0 Å². The second-order valence-electron chi connectivity index (χ2n) is 7.21. The van der Waals surface area contributed by atoms with Gasteiger partial charge in [-0.2, -0.15) is 0 Å². The first-order valence-electron chi connectivity index (χ1n) is 9.70. The Morgan fingerprint density at radius 1 is 1.03 bits per heavy atom. The molecule has 0 saturated heterocycles. The Labute approximate surface area is 180 Å². The third-order valence-corrected chi connectivity index (χ3v) is 4.93. The van der Waals surface area contributed by atoms with E-state index in [0.29, 0.717) is 23.6 Å². The molecule has 3 rings (SSSR count). The maximum absolute atomic E-state index is 13.2. The summed E-state index contributed by atoms with van der Waals surface area (Å²) in [6.07, 6.45) is 1.64. The average molecular weight is 420 g/mol. The summed E-state index contributed by atoms with van der Waals surface area (Å²) in [6.45, 7) is 3.86. The van der Waals surface area contributed by atoms with Crippen LogP contribution in [-0.2, 0) is 25.7 Å². The molecule has 0 atom stereocenters. The minimum Gasteiger partial charge on any atom is -0.484 e. The van der Waals surface area contributed by atoms with Crippen molar-refractivity contribution in [2.75, 3.05) is 13.7 Å². The largest absolute Gasteiger partial charge is 0.484 e. The standard InChI is InChI=1S/C24H24N2O5/c1-15-4-6-18(7-5-15)13-26-16(2)22(24(29)30-3)20(23(26)28)12-17-8-10-19(11-9-17)31-14-21(25)27/h4-12H,13-14H2,1-3H3,(H2,25,27)/b20-12-. The maximum atomic E-state index is 13.2. The summed E-state index contributed by atoms with van der Waals surface area (Å²) in [5.74, 6) is -0.934. The molecule has 2 aromatic carbocycles. The summed E-state index contributed by atoms with van der Waals surface area (Å²) < 4.78 is 10.2. The van der Waals surface area contributed by atoms with Gasteiger partial charge >= 0.3 is 5.97 Å². The van der Waals surface area contributed by atoms with E-state index in [4.69, 9.17) is 15.2 Å². The number of ether oxygens (including phenoxy) is 2. The van der Waals surface area contributed by atoms with E-state index >= 15 is 0 Å². The van der Waals surface area contributed by atoms with E-state index in [1.54, 1.807) is 42.2 Å². The molecule has 0 fully saturated rings. The number of nitrogens with two attached hydrogens (primary N) is 1. The third kappa shape index (κ3) is 5.01. The molecule has 0 aliphatic carbocycles. The van der Waals surface area contributed by atoms with Crippen molar-refractivity contribution in [3.05, 3.63) is 82.1 Å². The van der Waals surface area contributed by atoms with Crippen LogP contribution < -0.4 is 10.5 Å². The monoisotopic (exact) mass is 420 g/mol. The highest BCUT2D eigenvalue weighted by Gasteiger charge is 2.36. The Morgan fingerprint density at radius 3 is 2.26 bits per heavy atom. The Bertz CT molecular complexity index is 1070. The first-order valence-corrected chi connectivity index (χ1v) is 9.70. The highest BCUT2D eigenvalue weighted by molar-refractivity contribution is 6.16. The first kappa shape index (κ1) is 21.8. The minimum atomic E-state index is -0.570. The predicted octanol–water partition coefficient (Wildman–Crippen LogP) is 2.73. The van der Waals surface area contributed by atoms with Gasteiger partial charge in [-0.3, -0.25) is 9.59 Å². The second-order valence-corrected chi connectivity index (χ2v) is 7.21. The molecule has 7 nitrogen and oxygen atoms in total. The van der Waals surface area contributed by atoms with Crippen LogP contribution in [0.3, 0.4) is 0 Å². The van der Waals surface area contributed by atoms with E-state index in [9.17, 15) is 14.4 Å². The molecule has 2 N–H and O–H groups in total. The number of esters is 1. The average Bonchev–Trinajstić information content (AvgIpc) is 2.98. The SMILES string of the molecule is COC(=O)C1=C(C)N(Cc2ccc(C)cc2)C(=O)/C1=C\c1ccc(OCC(N)=O)cc1. The molecule has 0 radical (unpaired) electrons. The number of methoxy groups -OCH3 is 1. The van der Waals surface area contributed by atoms with Crippen LogP contribution in [0.15, 0.2) is 65.4 Å². The van der Waals surface area contributed by atoms with Gasteiger partial charge in [0.2, 0.25) is 0 Å². The van der Waals surface area contributed by atoms with E-state index in [1.165, 1.54) is 7.11 Å². The van der Waals surface area contributed by atoms with Crippen LogP contribution in [0.2, 0.25) is 0 Å². The van der Waals surface area contributed by atoms with Gasteiger partial charge in [0.1, 0.15) is 5.75 Å². The summed E-state index contributed by atoms with van der Waals surface area (Å²) >= 11 is 0. The number of allylic oxidation sites excluding steroid dienone is 1. The summed E-state index contributed by atoms with van der Waals surface area (Å²) in [5, 5.41) is 0. The Balaban J connectivity index is 1.90. The number of primary amides is 1. The number of nitrogens with zero attached hydrogens (tertiary/aromatic N) is 1. The van der Waals surface area contributed by atoms with Crippen molar-refractivity contribution < 1.29 is 23.9 Å². The Morgan fingerprint density at radius 2 is 1.68 bits per heavy atom. The minimum absolute atomic E-state index is 0.221. The number of hydrogen-bond donors (Lipinski definition) is 1. The number of carbonyl (C=O) groups excluding carboxylic acids is 3. The number of aryl methyl sites for hydroxylation is 1. The number of amides is 2. The van der Waals surface area contributed by atoms with Crippen LogP contribution in [-0.4, -0.2) is 36.4 Å². The van der Waals surface area contributed by atoms with E-state index in [-0.39, 0.29) is 23.7 Å². The molecule has 31 heavy (non-hydrogen) atoms. The van der Waals surface area contributed by atoms with Gasteiger partial charge in [0, 0.05) is 5.70 Å². The third-order valence-electron chi connectivity index (χ3n) is 4.93. The van der Waals surface area contributed by atoms with Gasteiger partial charge in [0.25, 0.3) is 11.8 Å². The fraction of sp³-hybridized carbons (Fsp3) is 0.208. The normalized spacial score (nSPS) is 14.9. The van der Waals surface area contributed by atoms with Gasteiger partial charge in [0.15, 0.2) is 6.61 Å². The molecule has 0 saturated carbocycles. The summed E-state index contributed by atoms with van der Waals surface area (Å²) in [5.41, 5.74) is 8.91. The number of benzene rings is 2. The molecule has 1 aliphatic rings. The smallest absolute Gasteiger partial charge is 0.340 e. The van der Waals surface area contributed by atoms with Gasteiger partial charge in [-0.25, -0.2) is 4.79 Å². The lowest BCUT2D eigenvalue weighted by Crippen LogP contribution is -2.24. The van der Waals surface area contributed by atoms with Crippen LogP contribution in [0.25, 0.3) is 6.08 Å². The van der Waals surface area contributed by atoms with Crippen molar-refractivity contribution in [1.82, 2.24) is 4.90 Å². The van der Waals surface area contributed by atoms with E-state index in [1.807, 2.05) is 31.2 Å². The molecule has 1 aliphatic heterocycles. The number of carbonyl (C=O) groups is 3. The topological polar surface area (TPSA) is 98.9 Å². The highest BCUT2D eigenvalue weighted by Crippen LogP contribution is 2.33. The molecule has 1 heterocycles. The lowest BCUT2D eigenvalue weighted by molar-refractivity contribution is -0.136. The van der Waals surface area contributed by atoms with Gasteiger partial charge in [0.05, 0.1) is 24.8 Å². The first-order chi connectivity index (χ1) is 14.8. The van der Waals surface area contributed by atoms with E-state index < -0.39 is 11.9 Å². The summed E-state index contributed by atoms with van der Waals surface area (Å²) in [7, 11) is 1.29. The zero-order chi connectivity index (χ0) is 22.5. The molecule has 160 valence electrons. The fourth-order valence-electron chi connectivity index (χ4n) is 3.28. The van der Waals surface area contributed by atoms with Crippen LogP contribution in [0, 0.1) is 6.92 Å². The molecule has 0 bridgehead atoms. The van der Waals surface area contributed by atoms with Crippen molar-refractivity contribution in [1.29, 1.82) is 0 Å². The predicted molar refractivity (Wildman–Crippen MR) is 116 cm³/mol. The Hall–Kier alpha value is -3.87. The molecular weight excluding hydrogens is 396 g/mol. The summed E-state index contributed by atoms with van der Waals surface area (Å²) in [4.78, 5) is 38.1. The maximum Gasteiger partial charge on any atom is 0.340 e. The van der Waals surface area contributed by atoms with Gasteiger partial charge in [-0.05, 0) is 43.2 Å². The quantitative estimate of drug-likeness (QED) is 0.549. The van der Waals surface area contributed by atoms with Crippen molar-refractivity contribution >= 4 is 23.9 Å². The summed E-state index contributed by atoms with van der Waals surface area (Å²) in [6, 6.07) is 14.7. The van der Waals surface area contributed by atoms with Crippen LogP contribution in [0.5, 0.6) is 5.75 Å². The van der Waals surface area contributed by atoms with Crippen LogP contribution in [0.4, 0.5) is 0 Å². The van der Waals surface area contributed by atoms with E-state index in [0.717, 1.165) is 11.1 Å². The van der Waals surface area contributed by atoms with Crippen molar-refractivity contribution in [3.8, 4) is 5.75 Å². The molecule has 2 aromatic rings. The van der Waals surface area contributed by atoms with Gasteiger partial charge in [-0.1, -0.05) is 42.0 Å². The lowest BCUT2D eigenvalue weighted by Gasteiger charge is -2.18. The molecule has 0 spiro atoms. The van der Waals surface area contributed by atoms with Crippen molar-refractivity contribution in [2.45, 2.75) is 20.4 Å². The second kappa shape index (κ2) is 9.30. The Kier molecular flexibility index (Phi) is 6.55. The fourth-order valence-corrected chi connectivity index (χ4v) is 3.28. The number of rotatable bonds is 7. The zero-order valence-corrected chi connectivity index (χ0v) is 17.7. The lowest BCUT2D eigenvalue weighted by atomic mass is 10.0. The van der Waals surface area contributed by atoms with Crippen molar-refractivity contribution in [3.63, 3.8) is 0 Å². The van der Waals surface area contributed by atoms with E-state index in [2.05, 4.69) is 0 Å². The zero-order valence-electron chi connectivity index (χ0n) is 17.7. The van der Waals surface area contributed by atoms with Crippen LogP contribution in [0.1, 0.15) is 23.6 Å². The molecule has 2 amide bonds. The molecular formula is C24H24N2O5. The van der Waals surface area contributed by atoms with Crippen molar-refractivity contribution in [2.24, 2.45) is 5.73 Å². The van der Waals surface area contributed by atoms with Gasteiger partial charge < -0.3 is 20.1 Å². The number of hydrogen-bond acceptors (Lipinski definition) is 5. The van der Waals surface area contributed by atoms with Gasteiger partial charge in [-0.15, -0.1) is 0 Å². The highest BCUT2D eigenvalue weighted by atomic mass is 16.5. The molecule has 0 aromatic heterocycles. The molecule has 7 heteroatoms. The molecule has 0 unspecified atom stereocenters.